The van der Waals surface area contributed by atoms with Crippen molar-refractivity contribution in [2.45, 2.75) is 18.9 Å². The molecule has 0 aliphatic carbocycles. The molecule has 1 amide bonds. The lowest BCUT2D eigenvalue weighted by Crippen LogP contribution is -2.43. The summed E-state index contributed by atoms with van der Waals surface area (Å²) in [5, 5.41) is 10.7. The monoisotopic (exact) mass is 304 g/mol. The van der Waals surface area contributed by atoms with E-state index in [1.165, 1.54) is 0 Å². The highest BCUT2D eigenvalue weighted by Crippen LogP contribution is 2.21. The van der Waals surface area contributed by atoms with Gasteiger partial charge in [0.1, 0.15) is 0 Å². The van der Waals surface area contributed by atoms with Gasteiger partial charge in [-0.15, -0.1) is 10.2 Å². The van der Waals surface area contributed by atoms with Crippen molar-refractivity contribution < 1.29 is 4.79 Å². The molecule has 104 valence electrons. The molecule has 0 aromatic carbocycles. The molecule has 1 fully saturated rings. The van der Waals surface area contributed by atoms with Crippen LogP contribution >= 0.6 is 23.2 Å². The normalized spacial score (nSPS) is 17.4. The Kier molecular flexibility index (Phi) is 4.73. The summed E-state index contributed by atoms with van der Waals surface area (Å²) in [6.07, 6.45) is 1.73. The first kappa shape index (κ1) is 14.2. The topological polar surface area (TPSA) is 97.0 Å². The molecule has 19 heavy (non-hydrogen) atoms. The molecule has 1 aliphatic heterocycles. The van der Waals surface area contributed by atoms with Crippen LogP contribution in [0.1, 0.15) is 12.8 Å². The number of rotatable bonds is 4. The van der Waals surface area contributed by atoms with Gasteiger partial charge in [-0.2, -0.15) is 4.98 Å². The van der Waals surface area contributed by atoms with Gasteiger partial charge in [0.25, 0.3) is 0 Å². The Labute approximate surface area is 120 Å². The Balaban J connectivity index is 1.88. The minimum Gasteiger partial charge on any atom is -0.369 e. The molecule has 1 aliphatic rings. The molecule has 0 saturated carbocycles. The first-order valence-electron chi connectivity index (χ1n) is 5.87. The molecule has 0 atom stereocenters. The summed E-state index contributed by atoms with van der Waals surface area (Å²) >= 11 is 11.6. The van der Waals surface area contributed by atoms with Gasteiger partial charge in [-0.3, -0.25) is 9.69 Å². The van der Waals surface area contributed by atoms with Crippen LogP contribution in [0.15, 0.2) is 0 Å². The van der Waals surface area contributed by atoms with Gasteiger partial charge in [-0.05, 0) is 24.4 Å². The SMILES string of the molecule is NC(=O)CN1CCC(Nc2nc(Cl)nnc2Cl)CC1. The third-order valence-electron chi connectivity index (χ3n) is 2.93. The number of hydrogen-bond acceptors (Lipinski definition) is 6. The van der Waals surface area contributed by atoms with Crippen molar-refractivity contribution in [2.75, 3.05) is 25.0 Å². The Morgan fingerprint density at radius 2 is 2.05 bits per heavy atom. The van der Waals surface area contributed by atoms with Crippen LogP contribution in [0.4, 0.5) is 5.82 Å². The van der Waals surface area contributed by atoms with Crippen LogP contribution in [-0.2, 0) is 4.79 Å². The molecular formula is C10H14Cl2N6O. The minimum atomic E-state index is -0.304. The van der Waals surface area contributed by atoms with E-state index in [1.807, 2.05) is 4.90 Å². The van der Waals surface area contributed by atoms with Crippen LogP contribution in [-0.4, -0.2) is 51.7 Å². The molecule has 0 radical (unpaired) electrons. The zero-order chi connectivity index (χ0) is 13.8. The number of hydrogen-bond donors (Lipinski definition) is 2. The number of carbonyl (C=O) groups is 1. The largest absolute Gasteiger partial charge is 0.369 e. The van der Waals surface area contributed by atoms with E-state index in [9.17, 15) is 4.79 Å². The maximum Gasteiger partial charge on any atom is 0.245 e. The summed E-state index contributed by atoms with van der Waals surface area (Å²) in [6, 6.07) is 0.217. The second kappa shape index (κ2) is 6.31. The van der Waals surface area contributed by atoms with Gasteiger partial charge in [-0.1, -0.05) is 11.6 Å². The van der Waals surface area contributed by atoms with Gasteiger partial charge < -0.3 is 11.1 Å². The van der Waals surface area contributed by atoms with Crippen molar-refractivity contribution in [1.29, 1.82) is 0 Å². The lowest BCUT2D eigenvalue weighted by atomic mass is 10.1. The molecule has 1 aromatic heterocycles. The van der Waals surface area contributed by atoms with Crippen molar-refractivity contribution in [2.24, 2.45) is 5.73 Å². The van der Waals surface area contributed by atoms with Crippen LogP contribution in [0.2, 0.25) is 10.4 Å². The van der Waals surface area contributed by atoms with Crippen molar-refractivity contribution in [1.82, 2.24) is 20.1 Å². The van der Waals surface area contributed by atoms with Gasteiger partial charge in [0.15, 0.2) is 11.0 Å². The smallest absolute Gasteiger partial charge is 0.245 e. The molecular weight excluding hydrogens is 291 g/mol. The summed E-state index contributed by atoms with van der Waals surface area (Å²) < 4.78 is 0. The van der Waals surface area contributed by atoms with E-state index in [1.54, 1.807) is 0 Å². The lowest BCUT2D eigenvalue weighted by Gasteiger charge is -2.31. The van der Waals surface area contributed by atoms with Crippen molar-refractivity contribution >= 4 is 34.9 Å². The molecule has 1 saturated heterocycles. The van der Waals surface area contributed by atoms with Crippen LogP contribution in [0.25, 0.3) is 0 Å². The number of likely N-dealkylation sites (tertiary alicyclic amines) is 1. The summed E-state index contributed by atoms with van der Waals surface area (Å²) in [6.45, 7) is 1.89. The van der Waals surface area contributed by atoms with E-state index in [0.717, 1.165) is 25.9 Å². The number of piperidine rings is 1. The Bertz CT molecular complexity index is 463. The van der Waals surface area contributed by atoms with Gasteiger partial charge in [0.2, 0.25) is 11.2 Å². The van der Waals surface area contributed by atoms with E-state index in [-0.39, 0.29) is 22.4 Å². The van der Waals surface area contributed by atoms with E-state index >= 15 is 0 Å². The standard InChI is InChI=1S/C10H14Cl2N6O/c11-8-9(15-10(12)17-16-8)14-6-1-3-18(4-2-6)5-7(13)19/h6H,1-5H2,(H2,13,19)(H,14,15,17). The number of nitrogens with two attached hydrogens (primary N) is 1. The van der Waals surface area contributed by atoms with Crippen LogP contribution in [0.3, 0.4) is 0 Å². The number of halogens is 2. The van der Waals surface area contributed by atoms with Gasteiger partial charge in [-0.25, -0.2) is 0 Å². The number of primary amides is 1. The maximum absolute atomic E-state index is 10.8. The fourth-order valence-electron chi connectivity index (χ4n) is 2.03. The van der Waals surface area contributed by atoms with Crippen LogP contribution in [0.5, 0.6) is 0 Å². The molecule has 0 spiro atoms. The summed E-state index contributed by atoms with van der Waals surface area (Å²) in [5.41, 5.74) is 5.16. The molecule has 0 unspecified atom stereocenters. The van der Waals surface area contributed by atoms with Crippen LogP contribution < -0.4 is 11.1 Å². The predicted molar refractivity (Wildman–Crippen MR) is 72.1 cm³/mol. The zero-order valence-corrected chi connectivity index (χ0v) is 11.7. The summed E-state index contributed by atoms with van der Waals surface area (Å²) in [4.78, 5) is 16.8. The number of anilines is 1. The lowest BCUT2D eigenvalue weighted by molar-refractivity contribution is -0.119. The number of amides is 1. The highest BCUT2D eigenvalue weighted by molar-refractivity contribution is 6.32. The van der Waals surface area contributed by atoms with Crippen LogP contribution in [0, 0.1) is 0 Å². The molecule has 3 N–H and O–H groups in total. The molecule has 0 bridgehead atoms. The Morgan fingerprint density at radius 3 is 2.68 bits per heavy atom. The second-order valence-electron chi connectivity index (χ2n) is 4.38. The number of nitrogens with zero attached hydrogens (tertiary/aromatic N) is 4. The first-order valence-corrected chi connectivity index (χ1v) is 6.63. The van der Waals surface area contributed by atoms with Gasteiger partial charge in [0, 0.05) is 19.1 Å². The van der Waals surface area contributed by atoms with Crippen molar-refractivity contribution in [3.8, 4) is 0 Å². The molecule has 7 nitrogen and oxygen atoms in total. The Morgan fingerprint density at radius 1 is 1.37 bits per heavy atom. The minimum absolute atomic E-state index is 0.0538. The fraction of sp³-hybridized carbons (Fsp3) is 0.600. The fourth-order valence-corrected chi connectivity index (χ4v) is 2.29. The van der Waals surface area contributed by atoms with Crippen molar-refractivity contribution in [3.05, 3.63) is 10.4 Å². The van der Waals surface area contributed by atoms with E-state index in [0.29, 0.717) is 12.4 Å². The first-order chi connectivity index (χ1) is 9.04. The molecule has 2 rings (SSSR count). The third kappa shape index (κ3) is 4.15. The number of carbonyl (C=O) groups excluding carboxylic acids is 1. The predicted octanol–water partition coefficient (Wildman–Crippen LogP) is 0.540. The zero-order valence-electron chi connectivity index (χ0n) is 10.1. The second-order valence-corrected chi connectivity index (χ2v) is 5.08. The third-order valence-corrected chi connectivity index (χ3v) is 3.34. The Hall–Kier alpha value is -1.18. The average Bonchev–Trinajstić information content (AvgIpc) is 2.35. The van der Waals surface area contributed by atoms with Gasteiger partial charge in [0.05, 0.1) is 6.54 Å². The van der Waals surface area contributed by atoms with Gasteiger partial charge >= 0.3 is 0 Å². The van der Waals surface area contributed by atoms with E-state index < -0.39 is 0 Å². The molecule has 2 heterocycles. The van der Waals surface area contributed by atoms with Crippen molar-refractivity contribution in [3.63, 3.8) is 0 Å². The van der Waals surface area contributed by atoms with E-state index in [2.05, 4.69) is 20.5 Å². The summed E-state index contributed by atoms with van der Waals surface area (Å²) in [5.74, 6) is 0.135. The summed E-state index contributed by atoms with van der Waals surface area (Å²) in [7, 11) is 0. The molecule has 9 heteroatoms. The van der Waals surface area contributed by atoms with E-state index in [4.69, 9.17) is 28.9 Å². The number of aromatic nitrogens is 3. The maximum atomic E-state index is 10.8. The number of nitrogens with one attached hydrogen (secondary N) is 1. The molecule has 1 aromatic rings. The quantitative estimate of drug-likeness (QED) is 0.842. The highest BCUT2D eigenvalue weighted by atomic mass is 35.5. The highest BCUT2D eigenvalue weighted by Gasteiger charge is 2.21. The average molecular weight is 305 g/mol.